The molecule has 0 aliphatic carbocycles. The van der Waals surface area contributed by atoms with Gasteiger partial charge in [-0.05, 0) is 12.0 Å². The molecule has 3 nitrogen and oxygen atoms in total. The number of benzene rings is 1. The van der Waals surface area contributed by atoms with E-state index in [1.165, 1.54) is 6.07 Å². The minimum atomic E-state index is -0.394. The number of carbonyl (C=O) groups excluding carboxylic acids is 1. The van der Waals surface area contributed by atoms with Gasteiger partial charge in [-0.25, -0.2) is 4.39 Å². The third kappa shape index (κ3) is 4.53. The van der Waals surface area contributed by atoms with E-state index < -0.39 is 5.97 Å². The summed E-state index contributed by atoms with van der Waals surface area (Å²) >= 11 is 0. The van der Waals surface area contributed by atoms with Crippen molar-refractivity contribution in [3.8, 4) is 0 Å². The van der Waals surface area contributed by atoms with E-state index in [-0.39, 0.29) is 30.8 Å². The van der Waals surface area contributed by atoms with Gasteiger partial charge in [-0.1, -0.05) is 32.0 Å². The number of carbonyl (C=O) groups is 1. The molecule has 0 heterocycles. The Balaban J connectivity index is 2.41. The summed E-state index contributed by atoms with van der Waals surface area (Å²) in [5, 5.41) is 0. The molecule has 0 bridgehead atoms. The normalized spacial score (nSPS) is 12.5. The first-order chi connectivity index (χ1) is 8.00. The molecule has 0 fully saturated rings. The number of esters is 1. The van der Waals surface area contributed by atoms with Crippen LogP contribution in [0, 0.1) is 11.7 Å². The SMILES string of the molecule is CC(C)C(N)CC(=O)OCc1ccccc1F. The van der Waals surface area contributed by atoms with Crippen LogP contribution in [0.5, 0.6) is 0 Å². The van der Waals surface area contributed by atoms with E-state index in [0.717, 1.165) is 0 Å². The zero-order chi connectivity index (χ0) is 12.8. The Morgan fingerprint density at radius 3 is 2.65 bits per heavy atom. The predicted molar refractivity (Wildman–Crippen MR) is 63.6 cm³/mol. The summed E-state index contributed by atoms with van der Waals surface area (Å²) in [4.78, 5) is 11.4. The van der Waals surface area contributed by atoms with E-state index in [0.29, 0.717) is 5.56 Å². The molecule has 0 radical (unpaired) electrons. The van der Waals surface area contributed by atoms with Crippen LogP contribution in [-0.4, -0.2) is 12.0 Å². The Labute approximate surface area is 101 Å². The second-order valence-electron chi connectivity index (χ2n) is 4.36. The average molecular weight is 239 g/mol. The topological polar surface area (TPSA) is 52.3 Å². The maximum Gasteiger partial charge on any atom is 0.307 e. The summed E-state index contributed by atoms with van der Waals surface area (Å²) in [6, 6.07) is 6.00. The van der Waals surface area contributed by atoms with E-state index in [1.807, 2.05) is 13.8 Å². The lowest BCUT2D eigenvalue weighted by atomic mass is 10.0. The van der Waals surface area contributed by atoms with Gasteiger partial charge in [0, 0.05) is 11.6 Å². The molecule has 1 aromatic rings. The number of halogens is 1. The van der Waals surface area contributed by atoms with Gasteiger partial charge in [-0.3, -0.25) is 4.79 Å². The van der Waals surface area contributed by atoms with Crippen LogP contribution in [0.1, 0.15) is 25.8 Å². The second kappa shape index (κ2) is 6.35. The maximum absolute atomic E-state index is 13.2. The molecule has 0 amide bonds. The van der Waals surface area contributed by atoms with E-state index in [4.69, 9.17) is 10.5 Å². The largest absolute Gasteiger partial charge is 0.461 e. The number of hydrogen-bond donors (Lipinski definition) is 1. The monoisotopic (exact) mass is 239 g/mol. The molecule has 17 heavy (non-hydrogen) atoms. The van der Waals surface area contributed by atoms with Gasteiger partial charge in [-0.15, -0.1) is 0 Å². The van der Waals surface area contributed by atoms with Crippen LogP contribution in [0.4, 0.5) is 4.39 Å². The first kappa shape index (κ1) is 13.6. The van der Waals surface area contributed by atoms with Crippen molar-refractivity contribution in [2.24, 2.45) is 11.7 Å². The van der Waals surface area contributed by atoms with Gasteiger partial charge in [0.05, 0.1) is 6.42 Å². The van der Waals surface area contributed by atoms with Gasteiger partial charge in [0.2, 0.25) is 0 Å². The molecule has 2 N–H and O–H groups in total. The molecule has 0 aliphatic heterocycles. The molecular weight excluding hydrogens is 221 g/mol. The van der Waals surface area contributed by atoms with Crippen LogP contribution in [-0.2, 0) is 16.1 Å². The molecule has 0 saturated carbocycles. The van der Waals surface area contributed by atoms with Crippen LogP contribution in [0.3, 0.4) is 0 Å². The summed E-state index contributed by atoms with van der Waals surface area (Å²) < 4.78 is 18.2. The molecule has 4 heteroatoms. The maximum atomic E-state index is 13.2. The summed E-state index contributed by atoms with van der Waals surface area (Å²) in [6.07, 6.45) is 0.159. The fraction of sp³-hybridized carbons (Fsp3) is 0.462. The smallest absolute Gasteiger partial charge is 0.307 e. The predicted octanol–water partition coefficient (Wildman–Crippen LogP) is 2.24. The molecule has 1 unspecified atom stereocenters. The Bertz CT molecular complexity index is 379. The van der Waals surface area contributed by atoms with Crippen molar-refractivity contribution in [3.63, 3.8) is 0 Å². The Morgan fingerprint density at radius 1 is 1.41 bits per heavy atom. The van der Waals surface area contributed by atoms with E-state index >= 15 is 0 Å². The van der Waals surface area contributed by atoms with Crippen molar-refractivity contribution in [3.05, 3.63) is 35.6 Å². The highest BCUT2D eigenvalue weighted by atomic mass is 19.1. The van der Waals surface area contributed by atoms with E-state index in [1.54, 1.807) is 18.2 Å². The van der Waals surface area contributed by atoms with Crippen molar-refractivity contribution in [1.82, 2.24) is 0 Å². The van der Waals surface area contributed by atoms with Gasteiger partial charge in [0.1, 0.15) is 12.4 Å². The minimum absolute atomic E-state index is 0.0453. The molecule has 94 valence electrons. The van der Waals surface area contributed by atoms with Crippen LogP contribution in [0.25, 0.3) is 0 Å². The highest BCUT2D eigenvalue weighted by Gasteiger charge is 2.14. The van der Waals surface area contributed by atoms with E-state index in [2.05, 4.69) is 0 Å². The van der Waals surface area contributed by atoms with Gasteiger partial charge in [-0.2, -0.15) is 0 Å². The number of rotatable bonds is 5. The molecular formula is C13H18FNO2. The summed E-state index contributed by atoms with van der Waals surface area (Å²) in [5.41, 5.74) is 6.12. The third-order valence-corrected chi connectivity index (χ3v) is 2.61. The number of ether oxygens (including phenoxy) is 1. The summed E-state index contributed by atoms with van der Waals surface area (Å²) in [5.74, 6) is -0.543. The second-order valence-corrected chi connectivity index (χ2v) is 4.36. The molecule has 0 aromatic heterocycles. The Hall–Kier alpha value is -1.42. The number of nitrogens with two attached hydrogens (primary N) is 1. The molecule has 0 saturated heterocycles. The third-order valence-electron chi connectivity index (χ3n) is 2.61. The van der Waals surface area contributed by atoms with Crippen LogP contribution in [0.15, 0.2) is 24.3 Å². The van der Waals surface area contributed by atoms with E-state index in [9.17, 15) is 9.18 Å². The van der Waals surface area contributed by atoms with Crippen molar-refractivity contribution in [2.45, 2.75) is 32.9 Å². The number of hydrogen-bond acceptors (Lipinski definition) is 3. The summed E-state index contributed by atoms with van der Waals surface area (Å²) in [7, 11) is 0. The lowest BCUT2D eigenvalue weighted by Crippen LogP contribution is -2.30. The highest BCUT2D eigenvalue weighted by molar-refractivity contribution is 5.70. The van der Waals surface area contributed by atoms with Gasteiger partial charge >= 0.3 is 5.97 Å². The molecule has 1 atom stereocenters. The van der Waals surface area contributed by atoms with Crippen molar-refractivity contribution in [2.75, 3.05) is 0 Å². The lowest BCUT2D eigenvalue weighted by molar-refractivity contribution is -0.145. The fourth-order valence-corrected chi connectivity index (χ4v) is 1.26. The molecule has 1 rings (SSSR count). The first-order valence-corrected chi connectivity index (χ1v) is 5.65. The van der Waals surface area contributed by atoms with Gasteiger partial charge in [0.25, 0.3) is 0 Å². The van der Waals surface area contributed by atoms with Crippen LogP contribution < -0.4 is 5.73 Å². The first-order valence-electron chi connectivity index (χ1n) is 5.65. The fourth-order valence-electron chi connectivity index (χ4n) is 1.26. The zero-order valence-corrected chi connectivity index (χ0v) is 10.2. The molecule has 0 spiro atoms. The van der Waals surface area contributed by atoms with Crippen LogP contribution >= 0.6 is 0 Å². The molecule has 1 aromatic carbocycles. The highest BCUT2D eigenvalue weighted by Crippen LogP contribution is 2.09. The standard InChI is InChI=1S/C13H18FNO2/c1-9(2)12(15)7-13(16)17-8-10-5-3-4-6-11(10)14/h3-6,9,12H,7-8,15H2,1-2H3. The van der Waals surface area contributed by atoms with Crippen molar-refractivity contribution < 1.29 is 13.9 Å². The summed E-state index contributed by atoms with van der Waals surface area (Å²) in [6.45, 7) is 3.83. The average Bonchev–Trinajstić information content (AvgIpc) is 2.27. The van der Waals surface area contributed by atoms with Crippen molar-refractivity contribution >= 4 is 5.97 Å². The Kier molecular flexibility index (Phi) is 5.10. The Morgan fingerprint density at radius 2 is 2.06 bits per heavy atom. The quantitative estimate of drug-likeness (QED) is 0.802. The van der Waals surface area contributed by atoms with Crippen molar-refractivity contribution in [1.29, 1.82) is 0 Å². The van der Waals surface area contributed by atoms with Gasteiger partial charge < -0.3 is 10.5 Å². The van der Waals surface area contributed by atoms with Crippen LogP contribution in [0.2, 0.25) is 0 Å². The van der Waals surface area contributed by atoms with Gasteiger partial charge in [0.15, 0.2) is 0 Å². The zero-order valence-electron chi connectivity index (χ0n) is 10.2. The lowest BCUT2D eigenvalue weighted by Gasteiger charge is -2.14. The minimum Gasteiger partial charge on any atom is -0.461 e. The molecule has 0 aliphatic rings.